The number of carbonyl (C=O) groups excluding carboxylic acids is 1. The lowest BCUT2D eigenvalue weighted by atomic mass is 10.2. The van der Waals surface area contributed by atoms with Crippen molar-refractivity contribution in [1.29, 1.82) is 0 Å². The molecule has 0 radical (unpaired) electrons. The second-order valence-corrected chi connectivity index (χ2v) is 9.62. The van der Waals surface area contributed by atoms with Crippen LogP contribution in [0.3, 0.4) is 0 Å². The first kappa shape index (κ1) is 26.8. The Balaban J connectivity index is 1.53. The lowest BCUT2D eigenvalue weighted by Gasteiger charge is -2.34. The standard InChI is InChI=1S/C29H30FN7O3/c1-5-26(38)32-20-13-19(30)14-22(15-20)37-27(39)12-18(2)23-17-31-29(34-28(23)37)33-24-7-6-21(16-25(24)40-4)36-10-8-35(3)9-11-36/h5-7,12-17H,1,8-11H2,2-4H3,(H,32,38)(H,31,33,34). The van der Waals surface area contributed by atoms with Crippen LogP contribution in [0.4, 0.5) is 27.4 Å². The second kappa shape index (κ2) is 11.1. The van der Waals surface area contributed by atoms with Gasteiger partial charge in [-0.15, -0.1) is 0 Å². The van der Waals surface area contributed by atoms with E-state index in [-0.39, 0.29) is 23.0 Å². The molecule has 2 aromatic heterocycles. The van der Waals surface area contributed by atoms with E-state index in [4.69, 9.17) is 4.74 Å². The molecule has 1 amide bonds. The summed E-state index contributed by atoms with van der Waals surface area (Å²) in [6, 6.07) is 11.2. The van der Waals surface area contributed by atoms with Crippen LogP contribution in [0.2, 0.25) is 0 Å². The highest BCUT2D eigenvalue weighted by Gasteiger charge is 2.18. The Morgan fingerprint density at radius 3 is 2.60 bits per heavy atom. The van der Waals surface area contributed by atoms with Gasteiger partial charge in [0.15, 0.2) is 5.65 Å². The second-order valence-electron chi connectivity index (χ2n) is 9.62. The molecule has 0 bridgehead atoms. The maximum atomic E-state index is 14.6. The van der Waals surface area contributed by atoms with Gasteiger partial charge >= 0.3 is 0 Å². The minimum Gasteiger partial charge on any atom is -0.494 e. The molecule has 11 heteroatoms. The molecule has 0 saturated carbocycles. The number of pyridine rings is 1. The van der Waals surface area contributed by atoms with Crippen molar-refractivity contribution in [3.63, 3.8) is 0 Å². The largest absolute Gasteiger partial charge is 0.494 e. The van der Waals surface area contributed by atoms with Crippen LogP contribution in [0, 0.1) is 12.7 Å². The van der Waals surface area contributed by atoms with Gasteiger partial charge in [-0.25, -0.2) is 9.37 Å². The Labute approximate surface area is 230 Å². The van der Waals surface area contributed by atoms with Crippen LogP contribution >= 0.6 is 0 Å². The number of hydrogen-bond donors (Lipinski definition) is 2. The summed E-state index contributed by atoms with van der Waals surface area (Å²) in [6.07, 6.45) is 2.69. The first-order chi connectivity index (χ1) is 19.2. The van der Waals surface area contributed by atoms with E-state index in [2.05, 4.69) is 44.0 Å². The summed E-state index contributed by atoms with van der Waals surface area (Å²) in [6.45, 7) is 9.03. The van der Waals surface area contributed by atoms with Crippen molar-refractivity contribution < 1.29 is 13.9 Å². The zero-order chi connectivity index (χ0) is 28.4. The van der Waals surface area contributed by atoms with Gasteiger partial charge in [-0.05, 0) is 55.9 Å². The summed E-state index contributed by atoms with van der Waals surface area (Å²) in [5, 5.41) is 6.34. The van der Waals surface area contributed by atoms with Crippen LogP contribution in [0.1, 0.15) is 5.56 Å². The smallest absolute Gasteiger partial charge is 0.257 e. The van der Waals surface area contributed by atoms with Crippen LogP contribution in [0.15, 0.2) is 66.1 Å². The number of hydrogen-bond acceptors (Lipinski definition) is 8. The fourth-order valence-corrected chi connectivity index (χ4v) is 4.70. The van der Waals surface area contributed by atoms with Gasteiger partial charge in [0.25, 0.3) is 5.56 Å². The highest BCUT2D eigenvalue weighted by atomic mass is 19.1. The van der Waals surface area contributed by atoms with E-state index < -0.39 is 17.3 Å². The highest BCUT2D eigenvalue weighted by Crippen LogP contribution is 2.32. The van der Waals surface area contributed by atoms with Gasteiger partial charge in [0, 0.05) is 61.3 Å². The molecule has 2 N–H and O–H groups in total. The SMILES string of the molecule is C=CC(=O)Nc1cc(F)cc(-n2c(=O)cc(C)c3cnc(Nc4ccc(N5CCN(C)CC5)cc4OC)nc32)c1. The topological polar surface area (TPSA) is 105 Å². The Morgan fingerprint density at radius 2 is 1.88 bits per heavy atom. The van der Waals surface area contributed by atoms with Crippen LogP contribution < -0.4 is 25.8 Å². The summed E-state index contributed by atoms with van der Waals surface area (Å²) in [4.78, 5) is 38.7. The molecular weight excluding hydrogens is 513 g/mol. The number of carbonyl (C=O) groups is 1. The number of nitrogens with one attached hydrogen (secondary N) is 2. The summed E-state index contributed by atoms with van der Waals surface area (Å²) in [5.74, 6) is -0.280. The van der Waals surface area contributed by atoms with Gasteiger partial charge in [-0.2, -0.15) is 4.98 Å². The molecule has 206 valence electrons. The number of benzene rings is 2. The number of likely N-dealkylation sites (N-methyl/N-ethyl adjacent to an activating group) is 1. The normalized spacial score (nSPS) is 13.8. The van der Waals surface area contributed by atoms with Crippen LogP contribution in [0.5, 0.6) is 5.75 Å². The number of fused-ring (bicyclic) bond motifs is 1. The Bertz CT molecular complexity index is 1660. The number of methoxy groups -OCH3 is 1. The Morgan fingerprint density at radius 1 is 1.10 bits per heavy atom. The Kier molecular flexibility index (Phi) is 7.47. The van der Waals surface area contributed by atoms with Crippen LogP contribution in [-0.4, -0.2) is 65.7 Å². The van der Waals surface area contributed by atoms with Crippen molar-refractivity contribution in [3.05, 3.63) is 83.1 Å². The zero-order valence-corrected chi connectivity index (χ0v) is 22.6. The third kappa shape index (κ3) is 5.50. The number of aromatic nitrogens is 3. The molecule has 10 nitrogen and oxygen atoms in total. The molecule has 2 aromatic carbocycles. The van der Waals surface area contributed by atoms with Gasteiger partial charge < -0.3 is 25.2 Å². The molecule has 1 aliphatic rings. The van der Waals surface area contributed by atoms with Crippen molar-refractivity contribution in [2.45, 2.75) is 6.92 Å². The van der Waals surface area contributed by atoms with Gasteiger partial charge in [-0.3, -0.25) is 14.2 Å². The summed E-state index contributed by atoms with van der Waals surface area (Å²) >= 11 is 0. The molecule has 0 aliphatic carbocycles. The number of halogens is 1. The average molecular weight is 544 g/mol. The number of piperazine rings is 1. The first-order valence-corrected chi connectivity index (χ1v) is 12.8. The molecule has 0 unspecified atom stereocenters. The van der Waals surface area contributed by atoms with E-state index in [1.54, 1.807) is 20.2 Å². The van der Waals surface area contributed by atoms with Gasteiger partial charge in [0.2, 0.25) is 11.9 Å². The number of amides is 1. The van der Waals surface area contributed by atoms with Crippen LogP contribution in [-0.2, 0) is 4.79 Å². The third-order valence-electron chi connectivity index (χ3n) is 6.86. The molecule has 1 saturated heterocycles. The Hall–Kier alpha value is -4.77. The van der Waals surface area contributed by atoms with E-state index in [1.807, 2.05) is 18.2 Å². The number of nitrogens with zero attached hydrogens (tertiary/aromatic N) is 5. The monoisotopic (exact) mass is 543 g/mol. The summed E-state index contributed by atoms with van der Waals surface area (Å²) < 4.78 is 21.5. The molecule has 0 atom stereocenters. The predicted octanol–water partition coefficient (Wildman–Crippen LogP) is 3.86. The quantitative estimate of drug-likeness (QED) is 0.339. The first-order valence-electron chi connectivity index (χ1n) is 12.8. The molecule has 0 spiro atoms. The van der Waals surface area contributed by atoms with E-state index >= 15 is 0 Å². The average Bonchev–Trinajstić information content (AvgIpc) is 2.93. The number of anilines is 4. The third-order valence-corrected chi connectivity index (χ3v) is 6.86. The van der Waals surface area contributed by atoms with Gasteiger partial charge in [0.1, 0.15) is 11.6 Å². The van der Waals surface area contributed by atoms with E-state index in [1.165, 1.54) is 22.8 Å². The summed E-state index contributed by atoms with van der Waals surface area (Å²) in [5.41, 5.74) is 2.64. The van der Waals surface area contributed by atoms with E-state index in [0.717, 1.165) is 44.0 Å². The van der Waals surface area contributed by atoms with E-state index in [0.29, 0.717) is 22.4 Å². The van der Waals surface area contributed by atoms with Gasteiger partial charge in [0.05, 0.1) is 18.5 Å². The minimum absolute atomic E-state index is 0.179. The fourth-order valence-electron chi connectivity index (χ4n) is 4.70. The molecule has 5 rings (SSSR count). The molecule has 3 heterocycles. The zero-order valence-electron chi connectivity index (χ0n) is 22.6. The minimum atomic E-state index is -0.630. The lowest BCUT2D eigenvalue weighted by molar-refractivity contribution is -0.111. The highest BCUT2D eigenvalue weighted by molar-refractivity contribution is 5.99. The molecule has 40 heavy (non-hydrogen) atoms. The molecule has 1 fully saturated rings. The van der Waals surface area contributed by atoms with Crippen molar-refractivity contribution >= 4 is 40.0 Å². The fraction of sp³-hybridized carbons (Fsp3) is 0.241. The predicted molar refractivity (Wildman–Crippen MR) is 155 cm³/mol. The molecule has 1 aliphatic heterocycles. The maximum Gasteiger partial charge on any atom is 0.257 e. The van der Waals surface area contributed by atoms with Crippen molar-refractivity contribution in [2.24, 2.45) is 0 Å². The number of rotatable bonds is 7. The van der Waals surface area contributed by atoms with Crippen molar-refractivity contribution in [1.82, 2.24) is 19.4 Å². The van der Waals surface area contributed by atoms with Crippen LogP contribution in [0.25, 0.3) is 16.7 Å². The molecule has 4 aromatic rings. The summed E-state index contributed by atoms with van der Waals surface area (Å²) in [7, 11) is 3.71. The van der Waals surface area contributed by atoms with E-state index in [9.17, 15) is 14.0 Å². The number of ether oxygens (including phenoxy) is 1. The van der Waals surface area contributed by atoms with Crippen molar-refractivity contribution in [3.8, 4) is 11.4 Å². The van der Waals surface area contributed by atoms with Gasteiger partial charge in [-0.1, -0.05) is 6.58 Å². The lowest BCUT2D eigenvalue weighted by Crippen LogP contribution is -2.44. The molecular formula is C29H30FN7O3. The number of aryl methyl sites for hydroxylation is 1. The maximum absolute atomic E-state index is 14.6. The van der Waals surface area contributed by atoms with Crippen molar-refractivity contribution in [2.75, 3.05) is 55.9 Å².